The van der Waals surface area contributed by atoms with E-state index in [0.29, 0.717) is 36.7 Å². The smallest absolute Gasteiger partial charge is 0.228 e. The molecule has 2 heterocycles. The first-order chi connectivity index (χ1) is 21.7. The van der Waals surface area contributed by atoms with E-state index < -0.39 is 0 Å². The molecule has 0 radical (unpaired) electrons. The highest BCUT2D eigenvalue weighted by Gasteiger charge is 2.24. The number of hydrogen-bond donors (Lipinski definition) is 4. The third-order valence-corrected chi connectivity index (χ3v) is 10.1. The number of carbonyl (C=O) groups is 2. The van der Waals surface area contributed by atoms with Crippen LogP contribution in [0.5, 0.6) is 0 Å². The van der Waals surface area contributed by atoms with Gasteiger partial charge in [0.2, 0.25) is 12.3 Å². The summed E-state index contributed by atoms with van der Waals surface area (Å²) in [6.45, 7) is 7.71. The molecule has 45 heavy (non-hydrogen) atoms. The van der Waals surface area contributed by atoms with E-state index in [9.17, 15) is 14.9 Å². The summed E-state index contributed by atoms with van der Waals surface area (Å²) in [5.74, 6) is 0.863. The van der Waals surface area contributed by atoms with E-state index in [-0.39, 0.29) is 12.3 Å². The zero-order valence-electron chi connectivity index (χ0n) is 26.8. The number of hydrogen-bond acceptors (Lipinski definition) is 9. The highest BCUT2D eigenvalue weighted by atomic mass is 32.2. The van der Waals surface area contributed by atoms with Crippen LogP contribution in [0.4, 0.5) is 5.69 Å². The van der Waals surface area contributed by atoms with Crippen LogP contribution in [0.25, 0.3) is 0 Å². The quantitative estimate of drug-likeness (QED) is 0.112. The molecule has 0 aromatic heterocycles. The Hall–Kier alpha value is -3.43. The lowest BCUT2D eigenvalue weighted by Gasteiger charge is -2.34. The first kappa shape index (κ1) is 34.4. The number of anilines is 1. The van der Waals surface area contributed by atoms with Crippen molar-refractivity contribution in [2.45, 2.75) is 62.3 Å². The van der Waals surface area contributed by atoms with Gasteiger partial charge in [0.1, 0.15) is 5.84 Å². The summed E-state index contributed by atoms with van der Waals surface area (Å²) in [6.07, 6.45) is 5.62. The molecule has 0 spiro atoms. The van der Waals surface area contributed by atoms with Crippen LogP contribution in [0.1, 0.15) is 67.2 Å². The molecular formula is C34H48N8O2S. The zero-order chi connectivity index (χ0) is 32.3. The zero-order valence-corrected chi connectivity index (χ0v) is 27.7. The summed E-state index contributed by atoms with van der Waals surface area (Å²) in [7, 11) is 3.65. The number of piperidine rings is 2. The van der Waals surface area contributed by atoms with Crippen molar-refractivity contribution >= 4 is 35.8 Å². The molecule has 242 valence electrons. The van der Waals surface area contributed by atoms with Gasteiger partial charge in [0.15, 0.2) is 0 Å². The summed E-state index contributed by atoms with van der Waals surface area (Å²) in [5.41, 5.74) is 10.9. The van der Waals surface area contributed by atoms with Gasteiger partial charge in [-0.05, 0) is 110 Å². The first-order valence-corrected chi connectivity index (χ1v) is 16.8. The van der Waals surface area contributed by atoms with Gasteiger partial charge in [-0.1, -0.05) is 13.0 Å². The maximum absolute atomic E-state index is 11.6. The van der Waals surface area contributed by atoms with Crippen LogP contribution >= 0.6 is 11.9 Å². The van der Waals surface area contributed by atoms with Crippen LogP contribution in [0.15, 0.2) is 41.3 Å². The number of carbonyl (C=O) groups excluding carboxylic acids is 2. The van der Waals surface area contributed by atoms with Crippen molar-refractivity contribution in [2.75, 3.05) is 58.7 Å². The standard InChI is InChI=1S/C34H48N8O2S/c1-24(18-28-19-30(6-4-27(28)21-35)45-42-16-10-29(36)11-17-42)22-41-14-8-25(9-15-41)26-5-7-31(32(20-26)38-2)34(37)40(3)13-12-33(44)39-23-43/h4-7,19-20,23-25,29,37-38H,8-18,22,36H2,1-3H3,(H,39,43,44). The Bertz CT molecular complexity index is 1360. The molecule has 1 atom stereocenters. The number of nitrogens with one attached hydrogen (secondary N) is 3. The average Bonchev–Trinajstić information content (AvgIpc) is 3.04. The van der Waals surface area contributed by atoms with Gasteiger partial charge in [0.05, 0.1) is 11.6 Å². The highest BCUT2D eigenvalue weighted by Crippen LogP contribution is 2.32. The van der Waals surface area contributed by atoms with Crippen molar-refractivity contribution in [3.05, 3.63) is 58.7 Å². The van der Waals surface area contributed by atoms with Gasteiger partial charge in [-0.25, -0.2) is 4.31 Å². The maximum atomic E-state index is 11.6. The van der Waals surface area contributed by atoms with Crippen LogP contribution in [-0.4, -0.2) is 91.7 Å². The number of nitrogens with zero attached hydrogens (tertiary/aromatic N) is 4. The van der Waals surface area contributed by atoms with Gasteiger partial charge in [0.25, 0.3) is 0 Å². The first-order valence-electron chi connectivity index (χ1n) is 16.0. The molecule has 2 aliphatic rings. The van der Waals surface area contributed by atoms with Gasteiger partial charge in [-0.15, -0.1) is 0 Å². The van der Waals surface area contributed by atoms with Crippen molar-refractivity contribution in [3.63, 3.8) is 0 Å². The van der Waals surface area contributed by atoms with E-state index in [1.807, 2.05) is 19.2 Å². The Balaban J connectivity index is 1.29. The topological polar surface area (TPSA) is 142 Å². The number of amides is 2. The summed E-state index contributed by atoms with van der Waals surface area (Å²) in [4.78, 5) is 27.6. The van der Waals surface area contributed by atoms with Gasteiger partial charge < -0.3 is 20.9 Å². The molecular weight excluding hydrogens is 584 g/mol. The molecule has 0 aliphatic carbocycles. The molecule has 2 aromatic carbocycles. The molecule has 2 saturated heterocycles. The van der Waals surface area contributed by atoms with E-state index in [1.54, 1.807) is 23.9 Å². The van der Waals surface area contributed by atoms with Crippen molar-refractivity contribution in [2.24, 2.45) is 11.7 Å². The minimum atomic E-state index is -0.357. The molecule has 5 N–H and O–H groups in total. The fourth-order valence-electron chi connectivity index (χ4n) is 6.30. The number of rotatable bonds is 13. The Labute approximate surface area is 272 Å². The summed E-state index contributed by atoms with van der Waals surface area (Å²) < 4.78 is 2.39. The van der Waals surface area contributed by atoms with Crippen molar-refractivity contribution in [1.29, 1.82) is 10.7 Å². The second-order valence-corrected chi connectivity index (χ2v) is 13.6. The minimum Gasteiger partial charge on any atom is -0.388 e. The Kier molecular flexibility index (Phi) is 12.8. The third kappa shape index (κ3) is 9.78. The number of benzene rings is 2. The molecule has 0 bridgehead atoms. The van der Waals surface area contributed by atoms with Crippen molar-refractivity contribution in [3.8, 4) is 6.07 Å². The fraction of sp³-hybridized carbons (Fsp3) is 0.529. The van der Waals surface area contributed by atoms with Gasteiger partial charge >= 0.3 is 0 Å². The molecule has 4 rings (SSSR count). The third-order valence-electron chi connectivity index (χ3n) is 8.97. The van der Waals surface area contributed by atoms with Gasteiger partial charge in [-0.3, -0.25) is 20.3 Å². The molecule has 2 aliphatic heterocycles. The molecule has 0 saturated carbocycles. The van der Waals surface area contributed by atoms with Gasteiger partial charge in [0, 0.05) is 68.9 Å². The SMILES string of the molecule is CNc1cc(C2CCN(CC(C)Cc3cc(SN4CCC(N)CC4)ccc3C#N)CC2)ccc1C(=N)N(C)CCC(=O)NC=O. The lowest BCUT2D eigenvalue weighted by Crippen LogP contribution is -2.36. The number of amidine groups is 1. The predicted octanol–water partition coefficient (Wildman–Crippen LogP) is 4.01. The minimum absolute atomic E-state index is 0.140. The van der Waals surface area contributed by atoms with Crippen LogP contribution < -0.4 is 16.4 Å². The number of imide groups is 1. The van der Waals surface area contributed by atoms with E-state index in [4.69, 9.17) is 11.1 Å². The van der Waals surface area contributed by atoms with Crippen molar-refractivity contribution in [1.82, 2.24) is 19.4 Å². The van der Waals surface area contributed by atoms with Crippen LogP contribution in [-0.2, 0) is 16.0 Å². The predicted molar refractivity (Wildman–Crippen MR) is 181 cm³/mol. The van der Waals surface area contributed by atoms with E-state index in [1.165, 1.54) is 10.5 Å². The van der Waals surface area contributed by atoms with Crippen LogP contribution in [0, 0.1) is 22.7 Å². The molecule has 1 unspecified atom stereocenters. The maximum Gasteiger partial charge on any atom is 0.228 e. The van der Waals surface area contributed by atoms with Crippen LogP contribution in [0.2, 0.25) is 0 Å². The Morgan fingerprint density at radius 3 is 2.58 bits per heavy atom. The molecule has 2 fully saturated rings. The van der Waals surface area contributed by atoms with E-state index in [0.717, 1.165) is 87.2 Å². The largest absolute Gasteiger partial charge is 0.388 e. The number of nitriles is 1. The van der Waals surface area contributed by atoms with Crippen LogP contribution in [0.3, 0.4) is 0 Å². The highest BCUT2D eigenvalue weighted by molar-refractivity contribution is 7.97. The molecule has 11 heteroatoms. The lowest BCUT2D eigenvalue weighted by atomic mass is 9.87. The summed E-state index contributed by atoms with van der Waals surface area (Å²) in [5, 5.41) is 23.8. The molecule has 10 nitrogen and oxygen atoms in total. The second kappa shape index (κ2) is 16.8. The molecule has 2 aromatic rings. The van der Waals surface area contributed by atoms with Crippen molar-refractivity contribution < 1.29 is 9.59 Å². The monoisotopic (exact) mass is 632 g/mol. The Morgan fingerprint density at radius 1 is 1.18 bits per heavy atom. The van der Waals surface area contributed by atoms with E-state index >= 15 is 0 Å². The second-order valence-electron chi connectivity index (χ2n) is 12.4. The van der Waals surface area contributed by atoms with Gasteiger partial charge in [-0.2, -0.15) is 5.26 Å². The van der Waals surface area contributed by atoms with E-state index in [2.05, 4.69) is 57.1 Å². The normalized spacial score (nSPS) is 17.3. The Morgan fingerprint density at radius 2 is 1.91 bits per heavy atom. The lowest BCUT2D eigenvalue weighted by molar-refractivity contribution is -0.125. The number of nitrogens with two attached hydrogens (primary N) is 1. The summed E-state index contributed by atoms with van der Waals surface area (Å²) in [6, 6.07) is 15.3. The molecule has 2 amide bonds. The summed E-state index contributed by atoms with van der Waals surface area (Å²) >= 11 is 1.79. The fourth-order valence-corrected chi connectivity index (χ4v) is 7.32. The number of likely N-dealkylation sites (tertiary alicyclic amines) is 1. The average molecular weight is 633 g/mol.